The highest BCUT2D eigenvalue weighted by Gasteiger charge is 2.38. The van der Waals surface area contributed by atoms with Gasteiger partial charge in [0.05, 0.1) is 0 Å². The summed E-state index contributed by atoms with van der Waals surface area (Å²) in [6.07, 6.45) is 2.06. The Labute approximate surface area is 152 Å². The predicted octanol–water partition coefficient (Wildman–Crippen LogP) is 3.85. The third-order valence-electron chi connectivity index (χ3n) is 5.02. The zero-order valence-corrected chi connectivity index (χ0v) is 14.8. The van der Waals surface area contributed by atoms with Gasteiger partial charge in [0.15, 0.2) is 0 Å². The van der Waals surface area contributed by atoms with Gasteiger partial charge in [0.2, 0.25) is 0 Å². The van der Waals surface area contributed by atoms with Gasteiger partial charge in [-0.25, -0.2) is 4.79 Å². The molecule has 1 aliphatic carbocycles. The summed E-state index contributed by atoms with van der Waals surface area (Å²) in [6.45, 7) is 4.71. The molecule has 0 spiro atoms. The van der Waals surface area contributed by atoms with Crippen LogP contribution >= 0.6 is 0 Å². The summed E-state index contributed by atoms with van der Waals surface area (Å²) >= 11 is 0. The van der Waals surface area contributed by atoms with Crippen molar-refractivity contribution >= 4 is 5.97 Å². The molecule has 1 atom stereocenters. The molecule has 2 N–H and O–H groups in total. The highest BCUT2D eigenvalue weighted by Crippen LogP contribution is 2.38. The van der Waals surface area contributed by atoms with Crippen LogP contribution in [0.1, 0.15) is 43.7 Å². The zero-order valence-electron chi connectivity index (χ0n) is 14.8. The van der Waals surface area contributed by atoms with Crippen molar-refractivity contribution in [1.82, 2.24) is 10.2 Å². The van der Waals surface area contributed by atoms with Gasteiger partial charge in [-0.1, -0.05) is 49.6 Å². The largest absolute Gasteiger partial charge is 0.490 e. The number of hydrogen-bond donors (Lipinski definition) is 2. The number of nitrogens with zero attached hydrogens (tertiary/aromatic N) is 1. The van der Waals surface area contributed by atoms with E-state index in [2.05, 4.69) is 40.5 Å². The fourth-order valence-electron chi connectivity index (χ4n) is 3.84. The molecule has 0 bridgehead atoms. The van der Waals surface area contributed by atoms with Crippen LogP contribution in [0.4, 0.5) is 13.2 Å². The first-order valence-electron chi connectivity index (χ1n) is 9.19. The molecule has 7 heteroatoms. The molecule has 1 aromatic carbocycles. The molecule has 0 radical (unpaired) electrons. The third-order valence-corrected chi connectivity index (χ3v) is 5.02. The van der Waals surface area contributed by atoms with Crippen LogP contribution in [0, 0.1) is 5.92 Å². The van der Waals surface area contributed by atoms with Crippen molar-refractivity contribution in [3.63, 3.8) is 0 Å². The molecule has 1 saturated carbocycles. The summed E-state index contributed by atoms with van der Waals surface area (Å²) in [7, 11) is 0. The molecule has 1 heterocycles. The number of nitrogens with one attached hydrogen (secondary N) is 1. The van der Waals surface area contributed by atoms with Crippen molar-refractivity contribution in [3.8, 4) is 0 Å². The number of piperazine rings is 1. The van der Waals surface area contributed by atoms with Crippen molar-refractivity contribution in [1.29, 1.82) is 0 Å². The lowest BCUT2D eigenvalue weighted by molar-refractivity contribution is -0.192. The highest BCUT2D eigenvalue weighted by molar-refractivity contribution is 5.73. The Morgan fingerprint density at radius 1 is 1.08 bits per heavy atom. The number of benzene rings is 1. The molecular weight excluding hydrogens is 345 g/mol. The SMILES string of the molecule is O=C(O)C(F)(F)F.c1ccc(C(C2CCCCC2)N2CCNCC2)cc1. The number of carbonyl (C=O) groups is 1. The fourth-order valence-corrected chi connectivity index (χ4v) is 3.84. The number of rotatable bonds is 3. The molecular formula is C19H27F3N2O2. The number of carboxylic acids is 1. The summed E-state index contributed by atoms with van der Waals surface area (Å²) in [6, 6.07) is 11.9. The third kappa shape index (κ3) is 6.29. The quantitative estimate of drug-likeness (QED) is 0.846. The average molecular weight is 372 g/mol. The van der Waals surface area contributed by atoms with Crippen molar-refractivity contribution < 1.29 is 23.1 Å². The van der Waals surface area contributed by atoms with Crippen molar-refractivity contribution in [2.45, 2.75) is 44.3 Å². The minimum Gasteiger partial charge on any atom is -0.475 e. The first kappa shape index (κ1) is 20.7. The van der Waals surface area contributed by atoms with Crippen LogP contribution in [0.15, 0.2) is 30.3 Å². The lowest BCUT2D eigenvalue weighted by atomic mass is 9.80. The number of alkyl halides is 3. The minimum absolute atomic E-state index is 0.656. The van der Waals surface area contributed by atoms with E-state index < -0.39 is 12.1 Å². The van der Waals surface area contributed by atoms with E-state index in [9.17, 15) is 13.2 Å². The van der Waals surface area contributed by atoms with E-state index in [-0.39, 0.29) is 0 Å². The summed E-state index contributed by atoms with van der Waals surface area (Å²) in [5.74, 6) is -1.89. The van der Waals surface area contributed by atoms with Crippen molar-refractivity contribution in [3.05, 3.63) is 35.9 Å². The maximum absolute atomic E-state index is 10.6. The van der Waals surface area contributed by atoms with Crippen molar-refractivity contribution in [2.24, 2.45) is 5.92 Å². The van der Waals surface area contributed by atoms with Crippen LogP contribution in [0.5, 0.6) is 0 Å². The Morgan fingerprint density at radius 2 is 1.62 bits per heavy atom. The number of hydrogen-bond acceptors (Lipinski definition) is 3. The van der Waals surface area contributed by atoms with Crippen LogP contribution < -0.4 is 5.32 Å². The molecule has 0 amide bonds. The minimum atomic E-state index is -5.08. The molecule has 2 fully saturated rings. The second-order valence-corrected chi connectivity index (χ2v) is 6.84. The molecule has 26 heavy (non-hydrogen) atoms. The molecule has 0 aromatic heterocycles. The van der Waals surface area contributed by atoms with E-state index in [0.717, 1.165) is 19.0 Å². The first-order valence-corrected chi connectivity index (χ1v) is 9.19. The molecule has 1 unspecified atom stereocenters. The van der Waals surface area contributed by atoms with Gasteiger partial charge in [-0.15, -0.1) is 0 Å². The molecule has 1 saturated heterocycles. The summed E-state index contributed by atoms with van der Waals surface area (Å²) in [4.78, 5) is 11.6. The zero-order chi connectivity index (χ0) is 19.0. The second-order valence-electron chi connectivity index (χ2n) is 6.84. The highest BCUT2D eigenvalue weighted by atomic mass is 19.4. The second kappa shape index (κ2) is 9.92. The number of aliphatic carboxylic acids is 1. The topological polar surface area (TPSA) is 52.6 Å². The molecule has 1 aliphatic heterocycles. The monoisotopic (exact) mass is 372 g/mol. The Balaban J connectivity index is 0.000000298. The van der Waals surface area contributed by atoms with E-state index in [0.29, 0.717) is 6.04 Å². The van der Waals surface area contributed by atoms with Gasteiger partial charge in [0, 0.05) is 32.2 Å². The Kier molecular flexibility index (Phi) is 7.90. The van der Waals surface area contributed by atoms with Gasteiger partial charge in [0.1, 0.15) is 0 Å². The van der Waals surface area contributed by atoms with Gasteiger partial charge >= 0.3 is 12.1 Å². The normalized spacial score (nSPS) is 20.7. The van der Waals surface area contributed by atoms with E-state index in [4.69, 9.17) is 9.90 Å². The van der Waals surface area contributed by atoms with Crippen LogP contribution in [-0.2, 0) is 4.79 Å². The van der Waals surface area contributed by atoms with Gasteiger partial charge in [-0.3, -0.25) is 4.90 Å². The summed E-state index contributed by atoms with van der Waals surface area (Å²) < 4.78 is 31.7. The lowest BCUT2D eigenvalue weighted by Gasteiger charge is -2.41. The van der Waals surface area contributed by atoms with Gasteiger partial charge < -0.3 is 10.4 Å². The van der Waals surface area contributed by atoms with E-state index >= 15 is 0 Å². The molecule has 146 valence electrons. The Hall–Kier alpha value is -1.60. The van der Waals surface area contributed by atoms with Crippen molar-refractivity contribution in [2.75, 3.05) is 26.2 Å². The van der Waals surface area contributed by atoms with Crippen LogP contribution in [0.2, 0.25) is 0 Å². The first-order chi connectivity index (χ1) is 12.4. The standard InChI is InChI=1S/C17H26N2.C2HF3O2/c1-3-7-15(8-4-1)17(16-9-5-2-6-10-16)19-13-11-18-12-14-19;3-2(4,5)1(6)7/h1,3-4,7-8,16-18H,2,5-6,9-14H2;(H,6,7). The number of carboxylic acid groups (broad SMARTS) is 1. The van der Waals surface area contributed by atoms with Gasteiger partial charge in [0.25, 0.3) is 0 Å². The van der Waals surface area contributed by atoms with Crippen LogP contribution in [0.25, 0.3) is 0 Å². The molecule has 3 rings (SSSR count). The lowest BCUT2D eigenvalue weighted by Crippen LogP contribution is -2.47. The number of halogens is 3. The van der Waals surface area contributed by atoms with Crippen LogP contribution in [-0.4, -0.2) is 48.3 Å². The molecule has 4 nitrogen and oxygen atoms in total. The summed E-state index contributed by atoms with van der Waals surface area (Å²) in [5, 5.41) is 10.6. The predicted molar refractivity (Wildman–Crippen MR) is 93.9 cm³/mol. The van der Waals surface area contributed by atoms with Crippen LogP contribution in [0.3, 0.4) is 0 Å². The van der Waals surface area contributed by atoms with E-state index in [1.165, 1.54) is 50.8 Å². The molecule has 2 aliphatic rings. The van der Waals surface area contributed by atoms with E-state index in [1.807, 2.05) is 0 Å². The average Bonchev–Trinajstić information content (AvgIpc) is 2.64. The van der Waals surface area contributed by atoms with Gasteiger partial charge in [-0.05, 0) is 24.3 Å². The maximum atomic E-state index is 10.6. The Bertz CT molecular complexity index is 521. The molecule has 1 aromatic rings. The Morgan fingerprint density at radius 3 is 2.12 bits per heavy atom. The van der Waals surface area contributed by atoms with E-state index in [1.54, 1.807) is 0 Å². The smallest absolute Gasteiger partial charge is 0.475 e. The summed E-state index contributed by atoms with van der Waals surface area (Å²) in [5.41, 5.74) is 1.54. The maximum Gasteiger partial charge on any atom is 0.490 e. The fraction of sp³-hybridized carbons (Fsp3) is 0.632. The van der Waals surface area contributed by atoms with Gasteiger partial charge in [-0.2, -0.15) is 13.2 Å².